The number of methoxy groups -OCH3 is 1. The zero-order valence-electron chi connectivity index (χ0n) is 13.8. The zero-order chi connectivity index (χ0) is 16.6. The molecule has 122 valence electrons. The van der Waals surface area contributed by atoms with Crippen LogP contribution >= 0.6 is 19.7 Å². The summed E-state index contributed by atoms with van der Waals surface area (Å²) in [6, 6.07) is 30.0. The quantitative estimate of drug-likeness (QED) is 0.441. The monoisotopic (exact) mass is 352 g/mol. The first-order chi connectivity index (χ1) is 11.9. The van der Waals surface area contributed by atoms with Gasteiger partial charge in [0.25, 0.3) is 0 Å². The Bertz CT molecular complexity index is 707. The topological polar surface area (TPSA) is 9.23 Å². The van der Waals surface area contributed by atoms with E-state index in [-0.39, 0.29) is 7.92 Å². The normalized spacial score (nSPS) is 10.8. The highest BCUT2D eigenvalue weighted by Crippen LogP contribution is 2.36. The molecule has 24 heavy (non-hydrogen) atoms. The lowest BCUT2D eigenvalue weighted by molar-refractivity contribution is 0.405. The summed E-state index contributed by atoms with van der Waals surface area (Å²) in [6.07, 6.45) is 1.16. The number of benzene rings is 3. The van der Waals surface area contributed by atoms with Gasteiger partial charge in [-0.1, -0.05) is 72.8 Å². The fourth-order valence-electron chi connectivity index (χ4n) is 2.61. The maximum absolute atomic E-state index is 5.46. The van der Waals surface area contributed by atoms with Crippen molar-refractivity contribution in [3.8, 4) is 5.75 Å². The van der Waals surface area contributed by atoms with Gasteiger partial charge in [-0.15, -0.1) is 11.8 Å². The molecule has 0 fully saturated rings. The van der Waals surface area contributed by atoms with Crippen LogP contribution in [-0.4, -0.2) is 19.0 Å². The Morgan fingerprint density at radius 2 is 1.29 bits per heavy atom. The average molecular weight is 352 g/mol. The highest BCUT2D eigenvalue weighted by molar-refractivity contribution is 7.99. The van der Waals surface area contributed by atoms with E-state index >= 15 is 0 Å². The first-order valence-corrected chi connectivity index (χ1v) is 10.5. The van der Waals surface area contributed by atoms with Gasteiger partial charge in [-0.25, -0.2) is 0 Å². The first-order valence-electron chi connectivity index (χ1n) is 8.02. The SMILES string of the molecule is COc1ccccc1SCCP(c1ccccc1)c1ccccc1. The van der Waals surface area contributed by atoms with Crippen LogP contribution in [0, 0.1) is 0 Å². The van der Waals surface area contributed by atoms with E-state index in [1.54, 1.807) is 7.11 Å². The minimum absolute atomic E-state index is 0.323. The summed E-state index contributed by atoms with van der Waals surface area (Å²) >= 11 is 1.88. The molecule has 0 amide bonds. The first kappa shape index (κ1) is 17.1. The highest BCUT2D eigenvalue weighted by atomic mass is 32.2. The molecular weight excluding hydrogens is 331 g/mol. The van der Waals surface area contributed by atoms with Gasteiger partial charge >= 0.3 is 0 Å². The number of hydrogen-bond acceptors (Lipinski definition) is 2. The van der Waals surface area contributed by atoms with Gasteiger partial charge in [-0.3, -0.25) is 0 Å². The summed E-state index contributed by atoms with van der Waals surface area (Å²) in [5.41, 5.74) is 0. The summed E-state index contributed by atoms with van der Waals surface area (Å²) in [7, 11) is 1.41. The Labute approximate surface area is 149 Å². The zero-order valence-corrected chi connectivity index (χ0v) is 15.5. The van der Waals surface area contributed by atoms with Crippen molar-refractivity contribution in [2.45, 2.75) is 4.90 Å². The number of rotatable bonds is 7. The summed E-state index contributed by atoms with van der Waals surface area (Å²) < 4.78 is 5.46. The fraction of sp³-hybridized carbons (Fsp3) is 0.143. The molecule has 0 aliphatic heterocycles. The van der Waals surface area contributed by atoms with E-state index in [1.165, 1.54) is 15.5 Å². The molecule has 0 heterocycles. The average Bonchev–Trinajstić information content (AvgIpc) is 2.67. The second kappa shape index (κ2) is 8.92. The van der Waals surface area contributed by atoms with Crippen LogP contribution in [0.4, 0.5) is 0 Å². The Hall–Kier alpha value is -1.76. The number of para-hydroxylation sites is 1. The summed E-state index contributed by atoms with van der Waals surface area (Å²) in [5, 5.41) is 2.89. The van der Waals surface area contributed by atoms with Gasteiger partial charge in [0.15, 0.2) is 0 Å². The van der Waals surface area contributed by atoms with Crippen LogP contribution in [0.3, 0.4) is 0 Å². The van der Waals surface area contributed by atoms with Crippen LogP contribution in [0.2, 0.25) is 0 Å². The Kier molecular flexibility index (Phi) is 6.34. The molecule has 0 N–H and O–H groups in total. The van der Waals surface area contributed by atoms with Crippen LogP contribution in [-0.2, 0) is 0 Å². The lowest BCUT2D eigenvalue weighted by Gasteiger charge is -2.18. The van der Waals surface area contributed by atoms with E-state index in [0.29, 0.717) is 0 Å². The van der Waals surface area contributed by atoms with E-state index in [1.807, 2.05) is 23.9 Å². The van der Waals surface area contributed by atoms with Gasteiger partial charge in [0.2, 0.25) is 0 Å². The minimum Gasteiger partial charge on any atom is -0.496 e. The van der Waals surface area contributed by atoms with Gasteiger partial charge < -0.3 is 4.74 Å². The van der Waals surface area contributed by atoms with Crippen LogP contribution in [0.5, 0.6) is 5.75 Å². The van der Waals surface area contributed by atoms with Gasteiger partial charge in [-0.2, -0.15) is 0 Å². The number of thioether (sulfide) groups is 1. The highest BCUT2D eigenvalue weighted by Gasteiger charge is 2.13. The minimum atomic E-state index is -0.323. The summed E-state index contributed by atoms with van der Waals surface area (Å²) in [4.78, 5) is 1.22. The van der Waals surface area contributed by atoms with Gasteiger partial charge in [-0.05, 0) is 36.8 Å². The second-order valence-corrected chi connectivity index (χ2v) is 8.79. The third-order valence-electron chi connectivity index (χ3n) is 3.78. The van der Waals surface area contributed by atoms with E-state index in [9.17, 15) is 0 Å². The van der Waals surface area contributed by atoms with Gasteiger partial charge in [0.05, 0.1) is 7.11 Å². The van der Waals surface area contributed by atoms with E-state index in [2.05, 4.69) is 72.8 Å². The van der Waals surface area contributed by atoms with Crippen LogP contribution in [0.1, 0.15) is 0 Å². The number of hydrogen-bond donors (Lipinski definition) is 0. The molecule has 1 nitrogen and oxygen atoms in total. The molecule has 0 radical (unpaired) electrons. The standard InChI is InChI=1S/C21H21OPS/c1-22-20-14-8-9-15-21(20)24-17-16-23(18-10-4-2-5-11-18)19-12-6-3-7-13-19/h2-15H,16-17H2,1H3. The molecule has 0 bridgehead atoms. The molecule has 0 atom stereocenters. The Morgan fingerprint density at radius 3 is 1.88 bits per heavy atom. The van der Waals surface area contributed by atoms with Crippen molar-refractivity contribution in [2.75, 3.05) is 19.0 Å². The van der Waals surface area contributed by atoms with Crippen molar-refractivity contribution in [2.24, 2.45) is 0 Å². The molecule has 3 aromatic rings. The maximum atomic E-state index is 5.46. The number of ether oxygens (including phenoxy) is 1. The second-order valence-electron chi connectivity index (χ2n) is 5.32. The van der Waals surface area contributed by atoms with Gasteiger partial charge in [0.1, 0.15) is 5.75 Å². The smallest absolute Gasteiger partial charge is 0.132 e. The molecule has 0 aliphatic rings. The van der Waals surface area contributed by atoms with Crippen molar-refractivity contribution in [3.63, 3.8) is 0 Å². The Balaban J connectivity index is 1.73. The molecule has 3 aromatic carbocycles. The summed E-state index contributed by atoms with van der Waals surface area (Å²) in [6.45, 7) is 0. The molecule has 3 rings (SSSR count). The largest absolute Gasteiger partial charge is 0.496 e. The molecule has 0 saturated heterocycles. The van der Waals surface area contributed by atoms with E-state index < -0.39 is 0 Å². The molecule has 3 heteroatoms. The van der Waals surface area contributed by atoms with Crippen molar-refractivity contribution >= 4 is 30.3 Å². The van der Waals surface area contributed by atoms with Gasteiger partial charge in [0, 0.05) is 10.6 Å². The lowest BCUT2D eigenvalue weighted by Crippen LogP contribution is -2.14. The Morgan fingerprint density at radius 1 is 0.750 bits per heavy atom. The summed E-state index contributed by atoms with van der Waals surface area (Å²) in [5.74, 6) is 2.04. The van der Waals surface area contributed by atoms with Crippen LogP contribution in [0.25, 0.3) is 0 Å². The van der Waals surface area contributed by atoms with Crippen LogP contribution in [0.15, 0.2) is 89.8 Å². The third kappa shape index (κ3) is 4.41. The maximum Gasteiger partial charge on any atom is 0.132 e. The molecule has 0 aliphatic carbocycles. The molecule has 0 saturated carbocycles. The van der Waals surface area contributed by atoms with Crippen molar-refractivity contribution < 1.29 is 4.74 Å². The van der Waals surface area contributed by atoms with Crippen LogP contribution < -0.4 is 15.3 Å². The lowest BCUT2D eigenvalue weighted by atomic mass is 10.3. The molecule has 0 spiro atoms. The predicted molar refractivity (Wildman–Crippen MR) is 108 cm³/mol. The molecule has 0 unspecified atom stereocenters. The molecule has 0 aromatic heterocycles. The third-order valence-corrected chi connectivity index (χ3v) is 7.65. The molecular formula is C21H21OPS. The van der Waals surface area contributed by atoms with Crippen molar-refractivity contribution in [1.82, 2.24) is 0 Å². The predicted octanol–water partition coefficient (Wildman–Crippen LogP) is 4.92. The van der Waals surface area contributed by atoms with Crippen molar-refractivity contribution in [3.05, 3.63) is 84.9 Å². The fourth-order valence-corrected chi connectivity index (χ4v) is 6.27. The van der Waals surface area contributed by atoms with Crippen molar-refractivity contribution in [1.29, 1.82) is 0 Å². The van der Waals surface area contributed by atoms with E-state index in [0.717, 1.165) is 17.7 Å². The van der Waals surface area contributed by atoms with E-state index in [4.69, 9.17) is 4.74 Å².